The highest BCUT2D eigenvalue weighted by Gasteiger charge is 2.26. The van der Waals surface area contributed by atoms with Crippen molar-refractivity contribution in [3.8, 4) is 0 Å². The molecule has 3 heteroatoms. The summed E-state index contributed by atoms with van der Waals surface area (Å²) in [7, 11) is 0. The van der Waals surface area contributed by atoms with Crippen molar-refractivity contribution in [2.45, 2.75) is 40.1 Å². The second kappa shape index (κ2) is 3.58. The van der Waals surface area contributed by atoms with Crippen LogP contribution < -0.4 is 0 Å². The Balaban J connectivity index is 2.31. The molecule has 0 radical (unpaired) electrons. The molecule has 1 aromatic heterocycles. The van der Waals surface area contributed by atoms with Crippen LogP contribution in [0.2, 0.25) is 0 Å². The monoisotopic (exact) mass is 207 g/mol. The summed E-state index contributed by atoms with van der Waals surface area (Å²) in [6.07, 6.45) is 1.29. The molecule has 0 spiro atoms. The molecule has 0 saturated heterocycles. The fourth-order valence-corrected chi connectivity index (χ4v) is 1.67. The molecule has 1 unspecified atom stereocenters. The minimum absolute atomic E-state index is 0.180. The molecule has 15 heavy (non-hydrogen) atoms. The number of pyridine rings is 1. The predicted molar refractivity (Wildman–Crippen MR) is 57.1 cm³/mol. The molecule has 2 rings (SSSR count). The van der Waals surface area contributed by atoms with Crippen LogP contribution in [0.25, 0.3) is 0 Å². The van der Waals surface area contributed by atoms with E-state index in [0.717, 1.165) is 16.8 Å². The van der Waals surface area contributed by atoms with Gasteiger partial charge in [0.1, 0.15) is 6.10 Å². The maximum atomic E-state index is 10.1. The van der Waals surface area contributed by atoms with Crippen molar-refractivity contribution in [3.05, 3.63) is 29.1 Å². The van der Waals surface area contributed by atoms with Gasteiger partial charge in [0.2, 0.25) is 0 Å². The topological polar surface area (TPSA) is 42.4 Å². The van der Waals surface area contributed by atoms with Crippen LogP contribution in [0.4, 0.5) is 0 Å². The maximum Gasteiger partial charge on any atom is 0.101 e. The largest absolute Gasteiger partial charge is 0.386 e. The first-order valence-electron chi connectivity index (χ1n) is 5.22. The summed E-state index contributed by atoms with van der Waals surface area (Å²) in [5, 5.41) is 10.1. The van der Waals surface area contributed by atoms with E-state index in [4.69, 9.17) is 4.74 Å². The fraction of sp³-hybridized carbons (Fsp3) is 0.583. The number of aromatic nitrogens is 1. The van der Waals surface area contributed by atoms with Crippen molar-refractivity contribution in [1.29, 1.82) is 0 Å². The van der Waals surface area contributed by atoms with Crippen LogP contribution in [0.3, 0.4) is 0 Å². The van der Waals surface area contributed by atoms with Gasteiger partial charge in [-0.2, -0.15) is 0 Å². The van der Waals surface area contributed by atoms with Gasteiger partial charge in [0, 0.05) is 11.8 Å². The van der Waals surface area contributed by atoms with Gasteiger partial charge in [0.05, 0.1) is 18.9 Å². The molecule has 0 saturated carbocycles. The molecule has 0 aliphatic carbocycles. The van der Waals surface area contributed by atoms with Crippen LogP contribution >= 0.6 is 0 Å². The van der Waals surface area contributed by atoms with Gasteiger partial charge in [-0.05, 0) is 17.0 Å². The summed E-state index contributed by atoms with van der Waals surface area (Å²) in [6, 6.07) is 1.96. The average Bonchev–Trinajstić information content (AvgIpc) is 2.61. The highest BCUT2D eigenvalue weighted by atomic mass is 16.5. The first-order valence-corrected chi connectivity index (χ1v) is 5.22. The third kappa shape index (κ3) is 2.03. The van der Waals surface area contributed by atoms with E-state index in [-0.39, 0.29) is 5.41 Å². The average molecular weight is 207 g/mol. The van der Waals surface area contributed by atoms with Crippen molar-refractivity contribution in [2.24, 2.45) is 5.41 Å². The first kappa shape index (κ1) is 10.6. The van der Waals surface area contributed by atoms with Gasteiger partial charge >= 0.3 is 0 Å². The normalized spacial score (nSPS) is 17.6. The molecular weight excluding hydrogens is 190 g/mol. The molecule has 82 valence electrons. The molecule has 2 heterocycles. The summed E-state index contributed by atoms with van der Waals surface area (Å²) in [5.41, 5.74) is 2.86. The number of hydrogen-bond acceptors (Lipinski definition) is 3. The van der Waals surface area contributed by atoms with E-state index in [2.05, 4.69) is 4.98 Å². The third-order valence-electron chi connectivity index (χ3n) is 2.72. The van der Waals surface area contributed by atoms with E-state index >= 15 is 0 Å². The first-order chi connectivity index (χ1) is 6.98. The zero-order valence-corrected chi connectivity index (χ0v) is 9.45. The van der Waals surface area contributed by atoms with Crippen LogP contribution in [-0.4, -0.2) is 10.1 Å². The number of ether oxygens (including phenoxy) is 1. The smallest absolute Gasteiger partial charge is 0.101 e. The maximum absolute atomic E-state index is 10.1. The Morgan fingerprint density at radius 3 is 2.67 bits per heavy atom. The van der Waals surface area contributed by atoms with Gasteiger partial charge < -0.3 is 9.84 Å². The lowest BCUT2D eigenvalue weighted by Gasteiger charge is -2.25. The van der Waals surface area contributed by atoms with Crippen molar-refractivity contribution < 1.29 is 9.84 Å². The zero-order valence-electron chi connectivity index (χ0n) is 9.45. The van der Waals surface area contributed by atoms with Crippen molar-refractivity contribution in [3.63, 3.8) is 0 Å². The lowest BCUT2D eigenvalue weighted by atomic mass is 9.86. The molecule has 1 aromatic rings. The van der Waals surface area contributed by atoms with Crippen LogP contribution in [0.5, 0.6) is 0 Å². The van der Waals surface area contributed by atoms with Crippen LogP contribution in [0, 0.1) is 5.41 Å². The summed E-state index contributed by atoms with van der Waals surface area (Å²) < 4.78 is 5.31. The number of aliphatic hydroxyl groups excluding tert-OH is 1. The van der Waals surface area contributed by atoms with E-state index in [9.17, 15) is 5.11 Å². The standard InChI is InChI=1S/C12H17NO2/c1-12(2,3)11(14)10-4-8-6-15-7-9(8)5-13-10/h4-5,11,14H,6-7H2,1-3H3. The number of hydrogen-bond donors (Lipinski definition) is 1. The Morgan fingerprint density at radius 2 is 2.00 bits per heavy atom. The number of fused-ring (bicyclic) bond motifs is 1. The van der Waals surface area contributed by atoms with E-state index in [1.165, 1.54) is 0 Å². The van der Waals surface area contributed by atoms with Crippen LogP contribution in [-0.2, 0) is 18.0 Å². The Labute approximate surface area is 90.1 Å². The Bertz CT molecular complexity index is 368. The molecule has 1 atom stereocenters. The van der Waals surface area contributed by atoms with Crippen molar-refractivity contribution in [1.82, 2.24) is 4.98 Å². The molecule has 0 bridgehead atoms. The van der Waals surface area contributed by atoms with Crippen LogP contribution in [0.1, 0.15) is 43.7 Å². The second-order valence-electron chi connectivity index (χ2n) is 5.14. The fourth-order valence-electron chi connectivity index (χ4n) is 1.67. The van der Waals surface area contributed by atoms with E-state index < -0.39 is 6.10 Å². The molecule has 0 amide bonds. The third-order valence-corrected chi connectivity index (χ3v) is 2.72. The van der Waals surface area contributed by atoms with E-state index in [1.807, 2.05) is 33.0 Å². The minimum atomic E-state index is -0.525. The molecule has 0 aromatic carbocycles. The van der Waals surface area contributed by atoms with Crippen LogP contribution in [0.15, 0.2) is 12.3 Å². The molecular formula is C12H17NO2. The number of nitrogens with zero attached hydrogens (tertiary/aromatic N) is 1. The summed E-state index contributed by atoms with van der Waals surface area (Å²) in [6.45, 7) is 7.30. The number of rotatable bonds is 1. The SMILES string of the molecule is CC(C)(C)C(O)c1cc2c(cn1)COC2. The molecule has 1 N–H and O–H groups in total. The molecule has 3 nitrogen and oxygen atoms in total. The van der Waals surface area contributed by atoms with Gasteiger partial charge in [-0.3, -0.25) is 4.98 Å². The predicted octanol–water partition coefficient (Wildman–Crippen LogP) is 2.19. The zero-order chi connectivity index (χ0) is 11.1. The van der Waals surface area contributed by atoms with Gasteiger partial charge in [-0.25, -0.2) is 0 Å². The lowest BCUT2D eigenvalue weighted by molar-refractivity contribution is 0.0588. The Hall–Kier alpha value is -0.930. The highest BCUT2D eigenvalue weighted by molar-refractivity contribution is 5.29. The molecule has 0 fully saturated rings. The van der Waals surface area contributed by atoms with Gasteiger partial charge in [-0.1, -0.05) is 20.8 Å². The lowest BCUT2D eigenvalue weighted by Crippen LogP contribution is -2.19. The summed E-state index contributed by atoms with van der Waals surface area (Å²) >= 11 is 0. The van der Waals surface area contributed by atoms with E-state index in [0.29, 0.717) is 13.2 Å². The second-order valence-corrected chi connectivity index (χ2v) is 5.14. The highest BCUT2D eigenvalue weighted by Crippen LogP contribution is 2.32. The molecule has 1 aliphatic rings. The number of aliphatic hydroxyl groups is 1. The van der Waals surface area contributed by atoms with Gasteiger partial charge in [0.15, 0.2) is 0 Å². The van der Waals surface area contributed by atoms with E-state index in [1.54, 1.807) is 0 Å². The van der Waals surface area contributed by atoms with Gasteiger partial charge in [-0.15, -0.1) is 0 Å². The Kier molecular flexibility index (Phi) is 2.52. The van der Waals surface area contributed by atoms with Crippen molar-refractivity contribution >= 4 is 0 Å². The molecule has 1 aliphatic heterocycles. The quantitative estimate of drug-likeness (QED) is 0.767. The summed E-state index contributed by atoms with van der Waals surface area (Å²) in [5.74, 6) is 0. The minimum Gasteiger partial charge on any atom is -0.386 e. The summed E-state index contributed by atoms with van der Waals surface area (Å²) in [4.78, 5) is 4.29. The van der Waals surface area contributed by atoms with Gasteiger partial charge in [0.25, 0.3) is 0 Å². The Morgan fingerprint density at radius 1 is 1.33 bits per heavy atom. The van der Waals surface area contributed by atoms with Crippen molar-refractivity contribution in [2.75, 3.05) is 0 Å².